The van der Waals surface area contributed by atoms with Gasteiger partial charge in [-0.1, -0.05) is 11.6 Å². The quantitative estimate of drug-likeness (QED) is 0.632. The van der Waals surface area contributed by atoms with Gasteiger partial charge in [0, 0.05) is 17.7 Å². The summed E-state index contributed by atoms with van der Waals surface area (Å²) in [5.74, 6) is 0.0163. The molecule has 0 amide bonds. The van der Waals surface area contributed by atoms with Gasteiger partial charge in [-0.05, 0) is 30.7 Å². The molecule has 0 atom stereocenters. The second-order valence-electron chi connectivity index (χ2n) is 3.82. The van der Waals surface area contributed by atoms with Gasteiger partial charge in [0.1, 0.15) is 0 Å². The SMILES string of the molecule is Cc1ccc(N)c(C(=O)Cc2ccoc2)c1. The van der Waals surface area contributed by atoms with Crippen molar-refractivity contribution in [2.24, 2.45) is 0 Å². The summed E-state index contributed by atoms with van der Waals surface area (Å²) in [6, 6.07) is 7.25. The van der Waals surface area contributed by atoms with E-state index in [1.54, 1.807) is 24.7 Å². The maximum atomic E-state index is 12.0. The number of benzene rings is 1. The fraction of sp³-hybridized carbons (Fsp3) is 0.154. The molecule has 0 aliphatic carbocycles. The van der Waals surface area contributed by atoms with Crippen molar-refractivity contribution < 1.29 is 9.21 Å². The zero-order valence-electron chi connectivity index (χ0n) is 9.07. The fourth-order valence-corrected chi connectivity index (χ4v) is 1.59. The van der Waals surface area contributed by atoms with Gasteiger partial charge in [0.25, 0.3) is 0 Å². The molecule has 0 fully saturated rings. The van der Waals surface area contributed by atoms with E-state index in [4.69, 9.17) is 10.2 Å². The van der Waals surface area contributed by atoms with Crippen molar-refractivity contribution in [2.75, 3.05) is 5.73 Å². The molecule has 0 radical (unpaired) electrons. The van der Waals surface area contributed by atoms with Crippen LogP contribution in [-0.4, -0.2) is 5.78 Å². The Labute approximate surface area is 93.9 Å². The third kappa shape index (κ3) is 2.14. The van der Waals surface area contributed by atoms with Crippen LogP contribution >= 0.6 is 0 Å². The molecule has 1 aromatic carbocycles. The smallest absolute Gasteiger partial charge is 0.169 e. The van der Waals surface area contributed by atoms with Crippen LogP contribution in [0.3, 0.4) is 0 Å². The van der Waals surface area contributed by atoms with E-state index in [0.717, 1.165) is 11.1 Å². The van der Waals surface area contributed by atoms with Crippen molar-refractivity contribution in [1.29, 1.82) is 0 Å². The first-order valence-corrected chi connectivity index (χ1v) is 5.07. The maximum Gasteiger partial charge on any atom is 0.169 e. The van der Waals surface area contributed by atoms with E-state index in [9.17, 15) is 4.79 Å². The minimum atomic E-state index is 0.0163. The Bertz CT molecular complexity index is 501. The van der Waals surface area contributed by atoms with Crippen molar-refractivity contribution in [3.63, 3.8) is 0 Å². The second-order valence-corrected chi connectivity index (χ2v) is 3.82. The summed E-state index contributed by atoms with van der Waals surface area (Å²) < 4.78 is 4.92. The molecule has 3 nitrogen and oxygen atoms in total. The van der Waals surface area contributed by atoms with Gasteiger partial charge >= 0.3 is 0 Å². The Morgan fingerprint density at radius 2 is 2.19 bits per heavy atom. The summed E-state index contributed by atoms with van der Waals surface area (Å²) in [6.45, 7) is 1.94. The highest BCUT2D eigenvalue weighted by molar-refractivity contribution is 6.02. The summed E-state index contributed by atoms with van der Waals surface area (Å²) >= 11 is 0. The van der Waals surface area contributed by atoms with Gasteiger partial charge in [-0.25, -0.2) is 0 Å². The van der Waals surface area contributed by atoms with Crippen LogP contribution in [0.15, 0.2) is 41.2 Å². The molecule has 16 heavy (non-hydrogen) atoms. The van der Waals surface area contributed by atoms with Crippen molar-refractivity contribution in [3.05, 3.63) is 53.5 Å². The van der Waals surface area contributed by atoms with Crippen LogP contribution in [0.25, 0.3) is 0 Å². The molecule has 0 aliphatic rings. The Hall–Kier alpha value is -2.03. The van der Waals surface area contributed by atoms with Gasteiger partial charge in [0.2, 0.25) is 0 Å². The highest BCUT2D eigenvalue weighted by Gasteiger charge is 2.11. The number of hydrogen-bond donors (Lipinski definition) is 1. The normalized spacial score (nSPS) is 10.3. The topological polar surface area (TPSA) is 56.2 Å². The van der Waals surface area contributed by atoms with E-state index in [0.29, 0.717) is 17.7 Å². The lowest BCUT2D eigenvalue weighted by Crippen LogP contribution is -2.06. The van der Waals surface area contributed by atoms with E-state index >= 15 is 0 Å². The number of ketones is 1. The molecule has 0 unspecified atom stereocenters. The summed E-state index contributed by atoms with van der Waals surface area (Å²) in [5.41, 5.74) is 8.79. The molecule has 0 saturated carbocycles. The zero-order valence-corrected chi connectivity index (χ0v) is 9.07. The maximum absolute atomic E-state index is 12.0. The number of nitrogen functional groups attached to an aromatic ring is 1. The van der Waals surface area contributed by atoms with Crippen molar-refractivity contribution in [3.8, 4) is 0 Å². The average molecular weight is 215 g/mol. The van der Waals surface area contributed by atoms with Gasteiger partial charge in [0.15, 0.2) is 5.78 Å². The van der Waals surface area contributed by atoms with Crippen LogP contribution < -0.4 is 5.73 Å². The van der Waals surface area contributed by atoms with Gasteiger partial charge in [-0.3, -0.25) is 4.79 Å². The number of rotatable bonds is 3. The molecule has 82 valence electrons. The lowest BCUT2D eigenvalue weighted by molar-refractivity contribution is 0.0993. The fourth-order valence-electron chi connectivity index (χ4n) is 1.59. The molecule has 2 rings (SSSR count). The van der Waals surface area contributed by atoms with Gasteiger partial charge in [0.05, 0.1) is 12.5 Å². The van der Waals surface area contributed by atoms with Crippen molar-refractivity contribution in [1.82, 2.24) is 0 Å². The Morgan fingerprint density at radius 3 is 2.88 bits per heavy atom. The van der Waals surface area contributed by atoms with E-state index in [2.05, 4.69) is 0 Å². The van der Waals surface area contributed by atoms with Crippen LogP contribution in [-0.2, 0) is 6.42 Å². The molecule has 0 aliphatic heterocycles. The Morgan fingerprint density at radius 1 is 1.38 bits per heavy atom. The summed E-state index contributed by atoms with van der Waals surface area (Å²) in [4.78, 5) is 12.0. The first-order chi connectivity index (χ1) is 7.66. The molecule has 2 aromatic rings. The third-order valence-corrected chi connectivity index (χ3v) is 2.45. The summed E-state index contributed by atoms with van der Waals surface area (Å²) in [7, 11) is 0. The minimum Gasteiger partial charge on any atom is -0.472 e. The third-order valence-electron chi connectivity index (χ3n) is 2.45. The minimum absolute atomic E-state index is 0.0163. The second kappa shape index (κ2) is 4.23. The van der Waals surface area contributed by atoms with Gasteiger partial charge in [-0.15, -0.1) is 0 Å². The largest absolute Gasteiger partial charge is 0.472 e. The first-order valence-electron chi connectivity index (χ1n) is 5.07. The van der Waals surface area contributed by atoms with Crippen LogP contribution in [0, 0.1) is 6.92 Å². The number of furan rings is 1. The number of anilines is 1. The van der Waals surface area contributed by atoms with Crippen molar-refractivity contribution in [2.45, 2.75) is 13.3 Å². The van der Waals surface area contributed by atoms with Crippen LogP contribution in [0.1, 0.15) is 21.5 Å². The molecular weight excluding hydrogens is 202 g/mol. The number of hydrogen-bond acceptors (Lipinski definition) is 3. The number of carbonyl (C=O) groups is 1. The molecule has 0 saturated heterocycles. The average Bonchev–Trinajstić information content (AvgIpc) is 2.74. The molecule has 0 spiro atoms. The number of Topliss-reactive ketones (excluding diaryl/α,β-unsaturated/α-hetero) is 1. The molecular formula is C13H13NO2. The highest BCUT2D eigenvalue weighted by Crippen LogP contribution is 2.16. The zero-order chi connectivity index (χ0) is 11.5. The number of aryl methyl sites for hydroxylation is 1. The predicted octanol–water partition coefficient (Wildman–Crippen LogP) is 2.60. The Kier molecular flexibility index (Phi) is 2.77. The first kappa shape index (κ1) is 10.5. The summed E-state index contributed by atoms with van der Waals surface area (Å²) in [5, 5.41) is 0. The van der Waals surface area contributed by atoms with E-state index in [-0.39, 0.29) is 5.78 Å². The van der Waals surface area contributed by atoms with E-state index in [1.165, 1.54) is 0 Å². The van der Waals surface area contributed by atoms with Crippen LogP contribution in [0.5, 0.6) is 0 Å². The monoisotopic (exact) mass is 215 g/mol. The summed E-state index contributed by atoms with van der Waals surface area (Å²) in [6.07, 6.45) is 3.45. The van der Waals surface area contributed by atoms with Crippen LogP contribution in [0.2, 0.25) is 0 Å². The van der Waals surface area contributed by atoms with Crippen molar-refractivity contribution >= 4 is 11.5 Å². The molecule has 0 bridgehead atoms. The standard InChI is InChI=1S/C13H13NO2/c1-9-2-3-12(14)11(6-9)13(15)7-10-4-5-16-8-10/h2-6,8H,7,14H2,1H3. The van der Waals surface area contributed by atoms with Crippen LogP contribution in [0.4, 0.5) is 5.69 Å². The van der Waals surface area contributed by atoms with E-state index < -0.39 is 0 Å². The lowest BCUT2D eigenvalue weighted by atomic mass is 10.0. The van der Waals surface area contributed by atoms with E-state index in [1.807, 2.05) is 19.1 Å². The molecule has 3 heteroatoms. The van der Waals surface area contributed by atoms with Gasteiger partial charge in [-0.2, -0.15) is 0 Å². The Balaban J connectivity index is 2.24. The predicted molar refractivity (Wildman–Crippen MR) is 62.3 cm³/mol. The number of carbonyl (C=O) groups excluding carboxylic acids is 1. The number of nitrogens with two attached hydrogens (primary N) is 1. The molecule has 1 heterocycles. The highest BCUT2D eigenvalue weighted by atomic mass is 16.3. The lowest BCUT2D eigenvalue weighted by Gasteiger charge is -2.04. The van der Waals surface area contributed by atoms with Gasteiger partial charge < -0.3 is 10.2 Å². The molecule has 2 N–H and O–H groups in total. The molecule has 1 aromatic heterocycles.